The third-order valence-corrected chi connectivity index (χ3v) is 1.67. The lowest BCUT2D eigenvalue weighted by Gasteiger charge is -1.99. The molecule has 0 radical (unpaired) electrons. The fourth-order valence-corrected chi connectivity index (χ4v) is 0.855. The molecule has 12 heavy (non-hydrogen) atoms. The maximum atomic E-state index is 8.80. The number of oxazole rings is 1. The fourth-order valence-electron chi connectivity index (χ4n) is 0.855. The highest BCUT2D eigenvalue weighted by Gasteiger charge is 2.09. The lowest BCUT2D eigenvalue weighted by molar-refractivity contribution is 0.271. The van der Waals surface area contributed by atoms with Crippen molar-refractivity contribution in [1.82, 2.24) is 4.98 Å². The highest BCUT2D eigenvalue weighted by molar-refractivity contribution is 5.02. The second kappa shape index (κ2) is 4.23. The van der Waals surface area contributed by atoms with Gasteiger partial charge in [0.05, 0.1) is 18.9 Å². The minimum atomic E-state index is 0.00110. The zero-order chi connectivity index (χ0) is 8.97. The van der Waals surface area contributed by atoms with Gasteiger partial charge in [-0.3, -0.25) is 0 Å². The quantitative estimate of drug-likeness (QED) is 0.684. The molecule has 1 rings (SSSR count). The Kier molecular flexibility index (Phi) is 3.25. The van der Waals surface area contributed by atoms with Crippen molar-refractivity contribution in [3.05, 3.63) is 17.8 Å². The highest BCUT2D eigenvalue weighted by atomic mass is 16.3. The summed E-state index contributed by atoms with van der Waals surface area (Å²) in [4.78, 5) is 4.08. The standard InChI is InChI=1S/C8H13NO3/c1-6(4-11)7-5-12-8(9-7)2-3-10/h5-6,10-11H,2-4H2,1H3. The van der Waals surface area contributed by atoms with E-state index in [2.05, 4.69) is 4.98 Å². The van der Waals surface area contributed by atoms with E-state index in [0.29, 0.717) is 12.3 Å². The van der Waals surface area contributed by atoms with Crippen LogP contribution in [0.2, 0.25) is 0 Å². The SMILES string of the molecule is CC(CO)c1coc(CCO)n1. The number of aliphatic hydroxyl groups is 2. The van der Waals surface area contributed by atoms with Crippen molar-refractivity contribution in [3.8, 4) is 0 Å². The number of aromatic nitrogens is 1. The van der Waals surface area contributed by atoms with Gasteiger partial charge in [0.25, 0.3) is 0 Å². The molecule has 0 aliphatic rings. The fraction of sp³-hybridized carbons (Fsp3) is 0.625. The molecule has 1 heterocycles. The Morgan fingerprint density at radius 1 is 1.58 bits per heavy atom. The largest absolute Gasteiger partial charge is 0.449 e. The van der Waals surface area contributed by atoms with Gasteiger partial charge < -0.3 is 14.6 Å². The minimum absolute atomic E-state index is 0.00110. The first kappa shape index (κ1) is 9.22. The van der Waals surface area contributed by atoms with Crippen LogP contribution in [0.25, 0.3) is 0 Å². The average Bonchev–Trinajstić information content (AvgIpc) is 2.52. The monoisotopic (exact) mass is 171 g/mol. The van der Waals surface area contributed by atoms with Crippen molar-refractivity contribution < 1.29 is 14.6 Å². The van der Waals surface area contributed by atoms with Crippen LogP contribution in [-0.2, 0) is 6.42 Å². The lowest BCUT2D eigenvalue weighted by Crippen LogP contribution is -1.99. The second-order valence-electron chi connectivity index (χ2n) is 2.72. The van der Waals surface area contributed by atoms with Gasteiger partial charge >= 0.3 is 0 Å². The highest BCUT2D eigenvalue weighted by Crippen LogP contribution is 2.13. The average molecular weight is 171 g/mol. The summed E-state index contributed by atoms with van der Waals surface area (Å²) < 4.78 is 5.05. The van der Waals surface area contributed by atoms with Crippen molar-refractivity contribution in [2.45, 2.75) is 19.3 Å². The van der Waals surface area contributed by atoms with E-state index in [0.717, 1.165) is 5.69 Å². The molecule has 68 valence electrons. The van der Waals surface area contributed by atoms with E-state index >= 15 is 0 Å². The maximum Gasteiger partial charge on any atom is 0.196 e. The van der Waals surface area contributed by atoms with E-state index < -0.39 is 0 Å². The first-order chi connectivity index (χ1) is 5.77. The summed E-state index contributed by atoms with van der Waals surface area (Å²) in [6.07, 6.45) is 1.95. The predicted molar refractivity (Wildman–Crippen MR) is 42.8 cm³/mol. The molecular formula is C8H13NO3. The zero-order valence-corrected chi connectivity index (χ0v) is 7.03. The number of aliphatic hydroxyl groups excluding tert-OH is 2. The van der Waals surface area contributed by atoms with Crippen molar-refractivity contribution >= 4 is 0 Å². The minimum Gasteiger partial charge on any atom is -0.449 e. The zero-order valence-electron chi connectivity index (χ0n) is 7.03. The molecule has 0 fully saturated rings. The molecule has 1 unspecified atom stereocenters. The second-order valence-corrected chi connectivity index (χ2v) is 2.72. The van der Waals surface area contributed by atoms with E-state index in [1.54, 1.807) is 0 Å². The van der Waals surface area contributed by atoms with E-state index in [1.807, 2.05) is 6.92 Å². The number of hydrogen-bond donors (Lipinski definition) is 2. The molecule has 0 spiro atoms. The summed E-state index contributed by atoms with van der Waals surface area (Å²) in [6, 6.07) is 0. The summed E-state index contributed by atoms with van der Waals surface area (Å²) >= 11 is 0. The third kappa shape index (κ3) is 2.06. The molecule has 1 atom stereocenters. The van der Waals surface area contributed by atoms with Crippen LogP contribution in [0.4, 0.5) is 0 Å². The predicted octanol–water partition coefficient (Wildman–Crippen LogP) is 0.305. The number of hydrogen-bond acceptors (Lipinski definition) is 4. The van der Waals surface area contributed by atoms with Crippen molar-refractivity contribution in [1.29, 1.82) is 0 Å². The van der Waals surface area contributed by atoms with Crippen LogP contribution in [0.3, 0.4) is 0 Å². The molecule has 1 aromatic heterocycles. The Morgan fingerprint density at radius 2 is 2.33 bits per heavy atom. The summed E-state index contributed by atoms with van der Waals surface area (Å²) in [7, 11) is 0. The molecule has 0 aliphatic heterocycles. The molecule has 0 amide bonds. The summed E-state index contributed by atoms with van der Waals surface area (Å²) in [5, 5.41) is 17.4. The van der Waals surface area contributed by atoms with Gasteiger partial charge in [0.2, 0.25) is 0 Å². The first-order valence-corrected chi connectivity index (χ1v) is 3.94. The normalized spacial score (nSPS) is 13.2. The van der Waals surface area contributed by atoms with Crippen LogP contribution in [0.1, 0.15) is 24.4 Å². The van der Waals surface area contributed by atoms with Crippen LogP contribution < -0.4 is 0 Å². The summed E-state index contributed by atoms with van der Waals surface area (Å²) in [5.41, 5.74) is 0.737. The third-order valence-electron chi connectivity index (χ3n) is 1.67. The van der Waals surface area contributed by atoms with Gasteiger partial charge in [0.15, 0.2) is 5.89 Å². The molecule has 0 aromatic carbocycles. The Hall–Kier alpha value is -0.870. The topological polar surface area (TPSA) is 66.5 Å². The molecule has 4 nitrogen and oxygen atoms in total. The van der Waals surface area contributed by atoms with Crippen LogP contribution in [0, 0.1) is 0 Å². The summed E-state index contributed by atoms with van der Waals surface area (Å²) in [5.74, 6) is 0.522. The maximum absolute atomic E-state index is 8.80. The lowest BCUT2D eigenvalue weighted by atomic mass is 10.1. The smallest absolute Gasteiger partial charge is 0.196 e. The Labute approximate surface area is 70.9 Å². The van der Waals surface area contributed by atoms with Gasteiger partial charge in [-0.15, -0.1) is 0 Å². The van der Waals surface area contributed by atoms with Gasteiger partial charge in [-0.2, -0.15) is 0 Å². The number of nitrogens with zero attached hydrogens (tertiary/aromatic N) is 1. The van der Waals surface area contributed by atoms with Crippen molar-refractivity contribution in [2.24, 2.45) is 0 Å². The van der Waals surface area contributed by atoms with Gasteiger partial charge in [-0.05, 0) is 0 Å². The Bertz CT molecular complexity index is 234. The number of rotatable bonds is 4. The van der Waals surface area contributed by atoms with Gasteiger partial charge in [0, 0.05) is 12.3 Å². The van der Waals surface area contributed by atoms with E-state index in [4.69, 9.17) is 14.6 Å². The van der Waals surface area contributed by atoms with Crippen LogP contribution in [-0.4, -0.2) is 28.4 Å². The summed E-state index contributed by atoms with van der Waals surface area (Å²) in [6.45, 7) is 1.96. The van der Waals surface area contributed by atoms with Crippen LogP contribution >= 0.6 is 0 Å². The molecule has 0 saturated heterocycles. The van der Waals surface area contributed by atoms with E-state index in [9.17, 15) is 0 Å². The Morgan fingerprint density at radius 3 is 2.92 bits per heavy atom. The van der Waals surface area contributed by atoms with Crippen molar-refractivity contribution in [2.75, 3.05) is 13.2 Å². The van der Waals surface area contributed by atoms with E-state index in [1.165, 1.54) is 6.26 Å². The first-order valence-electron chi connectivity index (χ1n) is 3.94. The van der Waals surface area contributed by atoms with Crippen LogP contribution in [0.5, 0.6) is 0 Å². The molecule has 1 aromatic rings. The molecular weight excluding hydrogens is 158 g/mol. The molecule has 2 N–H and O–H groups in total. The van der Waals surface area contributed by atoms with Crippen molar-refractivity contribution in [3.63, 3.8) is 0 Å². The molecule has 0 saturated carbocycles. The molecule has 0 bridgehead atoms. The van der Waals surface area contributed by atoms with Gasteiger partial charge in [-0.1, -0.05) is 6.92 Å². The van der Waals surface area contributed by atoms with Gasteiger partial charge in [-0.25, -0.2) is 4.98 Å². The van der Waals surface area contributed by atoms with Crippen LogP contribution in [0.15, 0.2) is 10.7 Å². The molecule has 0 aliphatic carbocycles. The Balaban J connectivity index is 2.63. The van der Waals surface area contributed by atoms with Gasteiger partial charge in [0.1, 0.15) is 6.26 Å². The van der Waals surface area contributed by atoms with E-state index in [-0.39, 0.29) is 19.1 Å². The molecule has 4 heteroatoms.